The maximum absolute atomic E-state index is 12.5. The average molecular weight is 260 g/mol. The van der Waals surface area contributed by atoms with E-state index in [0.717, 1.165) is 12.2 Å². The normalized spacial score (nSPS) is 11.5. The molecule has 5 nitrogen and oxygen atoms in total. The summed E-state index contributed by atoms with van der Waals surface area (Å²) >= 11 is 0. The maximum atomic E-state index is 12.5. The van der Waals surface area contributed by atoms with Crippen LogP contribution in [-0.4, -0.2) is 35.4 Å². The molecule has 0 saturated carbocycles. The van der Waals surface area contributed by atoms with Crippen molar-refractivity contribution in [2.45, 2.75) is 20.8 Å². The second-order valence-electron chi connectivity index (χ2n) is 4.33. The summed E-state index contributed by atoms with van der Waals surface area (Å²) in [6.07, 6.45) is 3.26. The van der Waals surface area contributed by atoms with E-state index in [2.05, 4.69) is 16.4 Å². The summed E-state index contributed by atoms with van der Waals surface area (Å²) in [6, 6.07) is 3.86. The molecular weight excluding hydrogens is 240 g/mol. The van der Waals surface area contributed by atoms with Crippen molar-refractivity contribution in [2.75, 3.05) is 25.0 Å². The average Bonchev–Trinajstić information content (AvgIpc) is 2.44. The lowest BCUT2D eigenvalue weighted by Crippen LogP contribution is -2.34. The zero-order valence-corrected chi connectivity index (χ0v) is 11.7. The van der Waals surface area contributed by atoms with Crippen LogP contribution in [-0.2, 0) is 0 Å². The Hall–Kier alpha value is -2.09. The molecule has 0 radical (unpaired) electrons. The van der Waals surface area contributed by atoms with Gasteiger partial charge in [-0.1, -0.05) is 0 Å². The molecule has 1 aromatic rings. The lowest BCUT2D eigenvalue weighted by Gasteiger charge is -2.23. The van der Waals surface area contributed by atoms with Crippen LogP contribution < -0.4 is 5.32 Å². The molecule has 1 rings (SSSR count). The number of hydrogen-bond donors (Lipinski definition) is 1. The Morgan fingerprint density at radius 3 is 2.89 bits per heavy atom. The van der Waals surface area contributed by atoms with Crippen molar-refractivity contribution in [1.29, 1.82) is 5.26 Å². The molecule has 0 aliphatic rings. The summed E-state index contributed by atoms with van der Waals surface area (Å²) in [6.45, 7) is 7.45. The Bertz CT molecular complexity index is 467. The number of anilines is 1. The van der Waals surface area contributed by atoms with Gasteiger partial charge >= 0.3 is 0 Å². The molecule has 0 aliphatic carbocycles. The zero-order chi connectivity index (χ0) is 14.3. The van der Waals surface area contributed by atoms with Crippen molar-refractivity contribution in [3.05, 3.63) is 24.0 Å². The van der Waals surface area contributed by atoms with E-state index in [9.17, 15) is 4.79 Å². The molecule has 1 amide bonds. The van der Waals surface area contributed by atoms with Gasteiger partial charge in [-0.05, 0) is 26.8 Å². The SMILES string of the molecule is CCNc1cnccc1C(=O)N(CC)CC(C)C#N. The third-order valence-electron chi connectivity index (χ3n) is 2.80. The molecule has 1 N–H and O–H groups in total. The molecule has 1 aromatic heterocycles. The first-order valence-corrected chi connectivity index (χ1v) is 6.50. The van der Waals surface area contributed by atoms with Gasteiger partial charge in [-0.15, -0.1) is 0 Å². The van der Waals surface area contributed by atoms with Gasteiger partial charge in [0.15, 0.2) is 0 Å². The molecule has 0 spiro atoms. The van der Waals surface area contributed by atoms with Gasteiger partial charge in [0.25, 0.3) is 5.91 Å². The van der Waals surface area contributed by atoms with Crippen LogP contribution >= 0.6 is 0 Å². The van der Waals surface area contributed by atoms with Gasteiger partial charge in [0.1, 0.15) is 0 Å². The molecule has 0 saturated heterocycles. The molecule has 0 aliphatic heterocycles. The van der Waals surface area contributed by atoms with E-state index in [-0.39, 0.29) is 11.8 Å². The van der Waals surface area contributed by atoms with Crippen molar-refractivity contribution >= 4 is 11.6 Å². The summed E-state index contributed by atoms with van der Waals surface area (Å²) in [5.74, 6) is -0.240. The lowest BCUT2D eigenvalue weighted by molar-refractivity contribution is 0.0753. The molecule has 0 aromatic carbocycles. The Morgan fingerprint density at radius 1 is 1.58 bits per heavy atom. The first-order valence-electron chi connectivity index (χ1n) is 6.50. The molecule has 102 valence electrons. The topological polar surface area (TPSA) is 69.0 Å². The van der Waals surface area contributed by atoms with Crippen molar-refractivity contribution in [3.63, 3.8) is 0 Å². The number of amides is 1. The van der Waals surface area contributed by atoms with Crippen LogP contribution in [0.3, 0.4) is 0 Å². The first kappa shape index (κ1) is 15.0. The number of carbonyl (C=O) groups is 1. The van der Waals surface area contributed by atoms with Crippen LogP contribution in [0.4, 0.5) is 5.69 Å². The molecule has 19 heavy (non-hydrogen) atoms. The highest BCUT2D eigenvalue weighted by Gasteiger charge is 2.19. The molecule has 0 bridgehead atoms. The summed E-state index contributed by atoms with van der Waals surface area (Å²) < 4.78 is 0. The van der Waals surface area contributed by atoms with Crippen molar-refractivity contribution in [3.8, 4) is 6.07 Å². The van der Waals surface area contributed by atoms with Gasteiger partial charge < -0.3 is 10.2 Å². The van der Waals surface area contributed by atoms with Crippen LogP contribution in [0.25, 0.3) is 0 Å². The second kappa shape index (κ2) is 7.37. The van der Waals surface area contributed by atoms with E-state index in [1.165, 1.54) is 0 Å². The van der Waals surface area contributed by atoms with Gasteiger partial charge in [-0.3, -0.25) is 9.78 Å². The minimum Gasteiger partial charge on any atom is -0.383 e. The minimum atomic E-state index is -0.173. The highest BCUT2D eigenvalue weighted by molar-refractivity contribution is 5.99. The molecule has 0 fully saturated rings. The largest absolute Gasteiger partial charge is 0.383 e. The fourth-order valence-corrected chi connectivity index (χ4v) is 1.81. The number of pyridine rings is 1. The number of nitrogens with one attached hydrogen (secondary N) is 1. The number of hydrogen-bond acceptors (Lipinski definition) is 4. The summed E-state index contributed by atoms with van der Waals surface area (Å²) in [7, 11) is 0. The number of nitriles is 1. The zero-order valence-electron chi connectivity index (χ0n) is 11.7. The third-order valence-corrected chi connectivity index (χ3v) is 2.80. The molecular formula is C14H20N4O. The Labute approximate surface area is 114 Å². The van der Waals surface area contributed by atoms with Gasteiger partial charge in [-0.25, -0.2) is 0 Å². The maximum Gasteiger partial charge on any atom is 0.256 e. The van der Waals surface area contributed by atoms with E-state index < -0.39 is 0 Å². The molecule has 1 heterocycles. The van der Waals surface area contributed by atoms with E-state index in [0.29, 0.717) is 18.7 Å². The van der Waals surface area contributed by atoms with E-state index in [4.69, 9.17) is 5.26 Å². The first-order chi connectivity index (χ1) is 9.13. The highest BCUT2D eigenvalue weighted by Crippen LogP contribution is 2.16. The second-order valence-corrected chi connectivity index (χ2v) is 4.33. The van der Waals surface area contributed by atoms with Crippen LogP contribution in [0, 0.1) is 17.2 Å². The van der Waals surface area contributed by atoms with Crippen molar-refractivity contribution in [1.82, 2.24) is 9.88 Å². The van der Waals surface area contributed by atoms with E-state index >= 15 is 0 Å². The smallest absolute Gasteiger partial charge is 0.256 e. The highest BCUT2D eigenvalue weighted by atomic mass is 16.2. The van der Waals surface area contributed by atoms with Gasteiger partial charge in [0.05, 0.1) is 29.4 Å². The monoisotopic (exact) mass is 260 g/mol. The summed E-state index contributed by atoms with van der Waals surface area (Å²) in [5, 5.41) is 12.0. The quantitative estimate of drug-likeness (QED) is 0.850. The Kier molecular flexibility index (Phi) is 5.80. The Morgan fingerprint density at radius 2 is 2.32 bits per heavy atom. The third kappa shape index (κ3) is 3.95. The van der Waals surface area contributed by atoms with Crippen molar-refractivity contribution in [2.24, 2.45) is 5.92 Å². The fourth-order valence-electron chi connectivity index (χ4n) is 1.81. The number of carbonyl (C=O) groups excluding carboxylic acids is 1. The molecule has 1 atom stereocenters. The molecule has 1 unspecified atom stereocenters. The summed E-state index contributed by atoms with van der Waals surface area (Å²) in [5.41, 5.74) is 1.34. The number of aromatic nitrogens is 1. The van der Waals surface area contributed by atoms with Crippen LogP contribution in [0.15, 0.2) is 18.5 Å². The fraction of sp³-hybridized carbons (Fsp3) is 0.500. The van der Waals surface area contributed by atoms with Gasteiger partial charge in [0.2, 0.25) is 0 Å². The minimum absolute atomic E-state index is 0.0667. The van der Waals surface area contributed by atoms with Crippen molar-refractivity contribution < 1.29 is 4.79 Å². The lowest BCUT2D eigenvalue weighted by atomic mass is 10.1. The Balaban J connectivity index is 2.94. The van der Waals surface area contributed by atoms with E-state index in [1.54, 1.807) is 23.4 Å². The molecule has 5 heteroatoms. The van der Waals surface area contributed by atoms with Gasteiger partial charge in [-0.2, -0.15) is 5.26 Å². The predicted molar refractivity (Wildman–Crippen MR) is 74.8 cm³/mol. The predicted octanol–water partition coefficient (Wildman–Crippen LogP) is 2.14. The summed E-state index contributed by atoms with van der Waals surface area (Å²) in [4.78, 5) is 18.2. The van der Waals surface area contributed by atoms with Crippen LogP contribution in [0.5, 0.6) is 0 Å². The van der Waals surface area contributed by atoms with Crippen LogP contribution in [0.2, 0.25) is 0 Å². The van der Waals surface area contributed by atoms with Gasteiger partial charge in [0, 0.05) is 25.8 Å². The van der Waals surface area contributed by atoms with E-state index in [1.807, 2.05) is 20.8 Å². The standard InChI is InChI=1S/C14H20N4O/c1-4-17-13-9-16-7-6-12(13)14(19)18(5-2)10-11(3)8-15/h6-7,9,11,17H,4-5,10H2,1-3H3. The number of nitrogens with zero attached hydrogens (tertiary/aromatic N) is 3. The number of rotatable bonds is 6. The van der Waals surface area contributed by atoms with Crippen LogP contribution in [0.1, 0.15) is 31.1 Å².